The van der Waals surface area contributed by atoms with Gasteiger partial charge in [0.1, 0.15) is 5.75 Å². The Morgan fingerprint density at radius 2 is 1.79 bits per heavy atom. The molecule has 0 saturated heterocycles. The Hall–Kier alpha value is -1.85. The van der Waals surface area contributed by atoms with Crippen LogP contribution in [0.2, 0.25) is 5.02 Å². The van der Waals surface area contributed by atoms with Gasteiger partial charge in [-0.2, -0.15) is 0 Å². The molecule has 0 atom stereocenters. The third-order valence-corrected chi connectivity index (χ3v) is 5.02. The summed E-state index contributed by atoms with van der Waals surface area (Å²) in [5, 5.41) is 0.145. The average molecular weight is 367 g/mol. The van der Waals surface area contributed by atoms with E-state index in [1.807, 2.05) is 32.9 Å². The zero-order valence-corrected chi connectivity index (χ0v) is 15.5. The highest BCUT2D eigenvalue weighted by molar-refractivity contribution is 7.90. The highest BCUT2D eigenvalue weighted by Gasteiger charge is 2.19. The first-order chi connectivity index (χ1) is 11.1. The molecule has 2 aromatic carbocycles. The van der Waals surface area contributed by atoms with Gasteiger partial charge in [-0.1, -0.05) is 37.6 Å². The molecule has 0 heterocycles. The van der Waals surface area contributed by atoms with Crippen LogP contribution in [0.25, 0.3) is 0 Å². The molecule has 0 aliphatic heterocycles. The number of hydrogen-bond acceptors (Lipinski definition) is 4. The number of benzene rings is 2. The standard InChI is InChI=1S/C18H19ClO4S/c1-11(2)14-7-5-12(3)9-17(14)23-18(20)15-10-13(24(4,21)22)6-8-16(15)19/h5-11H,1-4H3. The van der Waals surface area contributed by atoms with Gasteiger partial charge in [0, 0.05) is 6.26 Å². The van der Waals surface area contributed by atoms with E-state index in [0.717, 1.165) is 17.4 Å². The fourth-order valence-corrected chi connectivity index (χ4v) is 3.10. The molecule has 24 heavy (non-hydrogen) atoms. The number of rotatable bonds is 4. The first kappa shape index (κ1) is 18.5. The van der Waals surface area contributed by atoms with Gasteiger partial charge in [0.25, 0.3) is 0 Å². The molecular weight excluding hydrogens is 348 g/mol. The molecule has 0 fully saturated rings. The molecule has 6 heteroatoms. The van der Waals surface area contributed by atoms with E-state index in [1.165, 1.54) is 18.2 Å². The maximum Gasteiger partial charge on any atom is 0.345 e. The fraction of sp³-hybridized carbons (Fsp3) is 0.278. The van der Waals surface area contributed by atoms with Gasteiger partial charge in [-0.15, -0.1) is 0 Å². The minimum atomic E-state index is -3.44. The predicted octanol–water partition coefficient (Wildman–Crippen LogP) is 4.39. The Bertz CT molecular complexity index is 886. The van der Waals surface area contributed by atoms with Gasteiger partial charge in [-0.3, -0.25) is 0 Å². The number of carbonyl (C=O) groups excluding carboxylic acids is 1. The maximum atomic E-state index is 12.5. The normalized spacial score (nSPS) is 11.6. The summed E-state index contributed by atoms with van der Waals surface area (Å²) in [4.78, 5) is 12.5. The summed E-state index contributed by atoms with van der Waals surface area (Å²) in [5.74, 6) is -0.0555. The van der Waals surface area contributed by atoms with E-state index in [4.69, 9.17) is 16.3 Å². The van der Waals surface area contributed by atoms with Crippen LogP contribution in [-0.4, -0.2) is 20.6 Å². The van der Waals surface area contributed by atoms with Crippen molar-refractivity contribution >= 4 is 27.4 Å². The first-order valence-corrected chi connectivity index (χ1v) is 9.69. The summed E-state index contributed by atoms with van der Waals surface area (Å²) in [7, 11) is -3.44. The molecule has 0 saturated carbocycles. The lowest BCUT2D eigenvalue weighted by Crippen LogP contribution is -2.12. The molecule has 0 N–H and O–H groups in total. The summed E-state index contributed by atoms with van der Waals surface area (Å²) >= 11 is 6.05. The van der Waals surface area contributed by atoms with Gasteiger partial charge in [-0.25, -0.2) is 13.2 Å². The van der Waals surface area contributed by atoms with Gasteiger partial charge in [0.15, 0.2) is 9.84 Å². The number of sulfone groups is 1. The third kappa shape index (κ3) is 4.16. The average Bonchev–Trinajstić information content (AvgIpc) is 2.46. The second kappa shape index (κ2) is 6.95. The van der Waals surface area contributed by atoms with Crippen LogP contribution in [0.3, 0.4) is 0 Å². The molecule has 0 unspecified atom stereocenters. The molecule has 0 spiro atoms. The highest BCUT2D eigenvalue weighted by atomic mass is 35.5. The van der Waals surface area contributed by atoms with E-state index in [2.05, 4.69) is 0 Å². The molecule has 4 nitrogen and oxygen atoms in total. The summed E-state index contributed by atoms with van der Waals surface area (Å²) in [5.41, 5.74) is 1.87. The second-order valence-electron chi connectivity index (χ2n) is 6.00. The summed E-state index contributed by atoms with van der Waals surface area (Å²) < 4.78 is 28.8. The molecule has 2 aromatic rings. The lowest BCUT2D eigenvalue weighted by atomic mass is 10.0. The molecule has 0 radical (unpaired) electrons. The van der Waals surface area contributed by atoms with E-state index >= 15 is 0 Å². The van der Waals surface area contributed by atoms with Crippen LogP contribution in [0.1, 0.15) is 41.3 Å². The van der Waals surface area contributed by atoms with Gasteiger partial charge in [0.2, 0.25) is 0 Å². The Balaban J connectivity index is 2.43. The molecule has 0 aromatic heterocycles. The molecular formula is C18H19ClO4S. The van der Waals surface area contributed by atoms with E-state index in [9.17, 15) is 13.2 Å². The maximum absolute atomic E-state index is 12.5. The van der Waals surface area contributed by atoms with E-state index in [1.54, 1.807) is 6.07 Å². The van der Waals surface area contributed by atoms with Crippen LogP contribution in [0.5, 0.6) is 5.75 Å². The van der Waals surface area contributed by atoms with Gasteiger partial charge < -0.3 is 4.74 Å². The molecule has 0 bridgehead atoms. The van der Waals surface area contributed by atoms with Crippen LogP contribution in [0.4, 0.5) is 0 Å². The van der Waals surface area contributed by atoms with Crippen LogP contribution >= 0.6 is 11.6 Å². The van der Waals surface area contributed by atoms with Crippen molar-refractivity contribution in [1.29, 1.82) is 0 Å². The summed E-state index contributed by atoms with van der Waals surface area (Å²) in [6.45, 7) is 5.90. The zero-order chi connectivity index (χ0) is 18.1. The lowest BCUT2D eigenvalue weighted by molar-refractivity contribution is 0.0732. The Labute approximate surface area is 147 Å². The number of halogens is 1. The largest absolute Gasteiger partial charge is 0.423 e. The quantitative estimate of drug-likeness (QED) is 0.594. The number of aryl methyl sites for hydroxylation is 1. The van der Waals surface area contributed by atoms with Gasteiger partial charge in [0.05, 0.1) is 15.5 Å². The van der Waals surface area contributed by atoms with E-state index in [-0.39, 0.29) is 21.4 Å². The van der Waals surface area contributed by atoms with Crippen LogP contribution < -0.4 is 4.74 Å². The molecule has 0 aliphatic rings. The fourth-order valence-electron chi connectivity index (χ4n) is 2.25. The Morgan fingerprint density at radius 3 is 2.38 bits per heavy atom. The summed E-state index contributed by atoms with van der Waals surface area (Å²) in [6, 6.07) is 9.63. The van der Waals surface area contributed by atoms with Gasteiger partial charge >= 0.3 is 5.97 Å². The molecule has 0 aliphatic carbocycles. The van der Waals surface area contributed by atoms with Crippen molar-refractivity contribution in [3.05, 3.63) is 58.1 Å². The van der Waals surface area contributed by atoms with Crippen LogP contribution in [-0.2, 0) is 9.84 Å². The van der Waals surface area contributed by atoms with Crippen LogP contribution in [0.15, 0.2) is 41.3 Å². The minimum Gasteiger partial charge on any atom is -0.423 e. The third-order valence-electron chi connectivity index (χ3n) is 3.58. The number of ether oxygens (including phenoxy) is 1. The van der Waals surface area contributed by atoms with Crippen molar-refractivity contribution in [2.24, 2.45) is 0 Å². The molecule has 0 amide bonds. The van der Waals surface area contributed by atoms with Crippen molar-refractivity contribution in [3.8, 4) is 5.75 Å². The van der Waals surface area contributed by atoms with Crippen molar-refractivity contribution in [1.82, 2.24) is 0 Å². The van der Waals surface area contributed by atoms with Crippen LogP contribution in [0, 0.1) is 6.92 Å². The van der Waals surface area contributed by atoms with Crippen molar-refractivity contribution in [2.45, 2.75) is 31.6 Å². The monoisotopic (exact) mass is 366 g/mol. The Morgan fingerprint density at radius 1 is 1.12 bits per heavy atom. The number of carbonyl (C=O) groups is 1. The summed E-state index contributed by atoms with van der Waals surface area (Å²) in [6.07, 6.45) is 1.07. The highest BCUT2D eigenvalue weighted by Crippen LogP contribution is 2.29. The van der Waals surface area contributed by atoms with Crippen molar-refractivity contribution in [2.75, 3.05) is 6.26 Å². The number of hydrogen-bond donors (Lipinski definition) is 0. The predicted molar refractivity (Wildman–Crippen MR) is 94.8 cm³/mol. The topological polar surface area (TPSA) is 60.4 Å². The van der Waals surface area contributed by atoms with E-state index < -0.39 is 15.8 Å². The smallest absolute Gasteiger partial charge is 0.345 e. The number of esters is 1. The molecule has 2 rings (SSSR count). The van der Waals surface area contributed by atoms with E-state index in [0.29, 0.717) is 5.75 Å². The van der Waals surface area contributed by atoms with Crippen molar-refractivity contribution < 1.29 is 17.9 Å². The molecule has 128 valence electrons. The Kier molecular flexibility index (Phi) is 5.35. The lowest BCUT2D eigenvalue weighted by Gasteiger charge is -2.14. The minimum absolute atomic E-state index is 0.0205. The van der Waals surface area contributed by atoms with Crippen molar-refractivity contribution in [3.63, 3.8) is 0 Å². The first-order valence-electron chi connectivity index (χ1n) is 7.42. The second-order valence-corrected chi connectivity index (χ2v) is 8.42. The van der Waals surface area contributed by atoms with Gasteiger partial charge in [-0.05, 0) is 48.2 Å². The zero-order valence-electron chi connectivity index (χ0n) is 14.0. The SMILES string of the molecule is Cc1ccc(C(C)C)c(OC(=O)c2cc(S(C)(=O)=O)ccc2Cl)c1.